The first-order chi connectivity index (χ1) is 18.2. The van der Waals surface area contributed by atoms with Crippen LogP contribution in [0, 0.1) is 13.8 Å². The van der Waals surface area contributed by atoms with E-state index >= 15 is 0 Å². The number of ether oxygens (including phenoxy) is 1. The van der Waals surface area contributed by atoms with Gasteiger partial charge >= 0.3 is 0 Å². The van der Waals surface area contributed by atoms with E-state index in [1.807, 2.05) is 38.1 Å². The predicted molar refractivity (Wildman–Crippen MR) is 144 cm³/mol. The van der Waals surface area contributed by atoms with E-state index in [2.05, 4.69) is 9.69 Å². The maximum absolute atomic E-state index is 14.1. The van der Waals surface area contributed by atoms with Gasteiger partial charge in [-0.3, -0.25) is 19.3 Å². The van der Waals surface area contributed by atoms with E-state index in [1.54, 1.807) is 37.4 Å². The van der Waals surface area contributed by atoms with Crippen molar-refractivity contribution < 1.29 is 23.5 Å². The summed E-state index contributed by atoms with van der Waals surface area (Å²) in [6, 6.07) is 14.9. The molecule has 10 nitrogen and oxygen atoms in total. The van der Waals surface area contributed by atoms with Gasteiger partial charge in [0.15, 0.2) is 11.7 Å². The van der Waals surface area contributed by atoms with E-state index in [-0.39, 0.29) is 28.6 Å². The summed E-state index contributed by atoms with van der Waals surface area (Å²) in [4.78, 5) is 40.9. The van der Waals surface area contributed by atoms with Crippen LogP contribution in [0.5, 0.6) is 5.75 Å². The maximum Gasteiger partial charge on any atom is 0.273 e. The van der Waals surface area contributed by atoms with Crippen LogP contribution in [-0.2, 0) is 11.3 Å². The van der Waals surface area contributed by atoms with Crippen LogP contribution in [0.2, 0.25) is 0 Å². The van der Waals surface area contributed by atoms with Gasteiger partial charge in [0.2, 0.25) is 0 Å². The van der Waals surface area contributed by atoms with E-state index in [0.717, 1.165) is 28.2 Å². The van der Waals surface area contributed by atoms with Gasteiger partial charge in [0.25, 0.3) is 17.7 Å². The summed E-state index contributed by atoms with van der Waals surface area (Å²) in [5.74, 6) is -1.02. The van der Waals surface area contributed by atoms with Crippen LogP contribution < -0.4 is 26.4 Å². The Morgan fingerprint density at radius 1 is 1.13 bits per heavy atom. The molecule has 0 saturated carbocycles. The summed E-state index contributed by atoms with van der Waals surface area (Å²) in [7, 11) is 1.58. The van der Waals surface area contributed by atoms with Crippen LogP contribution in [0.3, 0.4) is 0 Å². The second-order valence-corrected chi connectivity index (χ2v) is 9.36. The lowest BCUT2D eigenvalue weighted by atomic mass is 10.0. The molecular weight excluding hydrogens is 506 g/mol. The molecule has 0 unspecified atom stereocenters. The number of rotatable bonds is 9. The quantitative estimate of drug-likeness (QED) is 0.296. The molecule has 196 valence electrons. The lowest BCUT2D eigenvalue weighted by Crippen LogP contribution is -2.44. The molecule has 2 aromatic heterocycles. The SMILES string of the molecule is COc1ccc(CNC(=O)[C@H](c2ccco2)N(C(=O)c2snc(C(N)=O)c2N)c2cc(C)ccc2C)cc1. The number of aromatic nitrogens is 1. The van der Waals surface area contributed by atoms with Crippen LogP contribution in [0.15, 0.2) is 65.3 Å². The molecule has 0 aliphatic heterocycles. The highest BCUT2D eigenvalue weighted by molar-refractivity contribution is 7.09. The number of hydrogen-bond donors (Lipinski definition) is 3. The number of aryl methyl sites for hydroxylation is 2. The third-order valence-corrected chi connectivity index (χ3v) is 6.79. The summed E-state index contributed by atoms with van der Waals surface area (Å²) >= 11 is 0.744. The zero-order chi connectivity index (χ0) is 27.4. The predicted octanol–water partition coefficient (Wildman–Crippen LogP) is 3.75. The van der Waals surface area contributed by atoms with E-state index in [4.69, 9.17) is 20.6 Å². The van der Waals surface area contributed by atoms with Gasteiger partial charge in [-0.15, -0.1) is 0 Å². The highest BCUT2D eigenvalue weighted by atomic mass is 32.1. The van der Waals surface area contributed by atoms with Crippen molar-refractivity contribution in [1.82, 2.24) is 9.69 Å². The van der Waals surface area contributed by atoms with Gasteiger partial charge in [-0.25, -0.2) is 0 Å². The summed E-state index contributed by atoms with van der Waals surface area (Å²) in [6.07, 6.45) is 1.43. The first-order valence-electron chi connectivity index (χ1n) is 11.6. The van der Waals surface area contributed by atoms with Gasteiger partial charge in [0, 0.05) is 12.2 Å². The number of primary amides is 1. The molecule has 0 radical (unpaired) electrons. The Bertz CT molecular complexity index is 1460. The molecule has 2 heterocycles. The van der Waals surface area contributed by atoms with E-state index in [9.17, 15) is 14.4 Å². The number of anilines is 2. The van der Waals surface area contributed by atoms with Crippen molar-refractivity contribution in [3.63, 3.8) is 0 Å². The largest absolute Gasteiger partial charge is 0.497 e. The second kappa shape index (κ2) is 11.2. The lowest BCUT2D eigenvalue weighted by Gasteiger charge is -2.31. The van der Waals surface area contributed by atoms with E-state index < -0.39 is 23.8 Å². The number of nitrogens with zero attached hydrogens (tertiary/aromatic N) is 2. The van der Waals surface area contributed by atoms with Crippen molar-refractivity contribution in [3.05, 3.63) is 93.9 Å². The molecule has 3 amide bonds. The molecule has 0 aliphatic rings. The van der Waals surface area contributed by atoms with Crippen LogP contribution in [0.25, 0.3) is 0 Å². The van der Waals surface area contributed by atoms with Crippen LogP contribution in [0.1, 0.15) is 48.7 Å². The molecule has 38 heavy (non-hydrogen) atoms. The second-order valence-electron chi connectivity index (χ2n) is 8.59. The molecule has 0 bridgehead atoms. The number of furan rings is 1. The number of carbonyl (C=O) groups is 3. The highest BCUT2D eigenvalue weighted by Gasteiger charge is 2.38. The number of nitrogens with two attached hydrogens (primary N) is 2. The number of carbonyl (C=O) groups excluding carboxylic acids is 3. The van der Waals surface area contributed by atoms with E-state index in [0.29, 0.717) is 11.4 Å². The third-order valence-electron chi connectivity index (χ3n) is 5.94. The van der Waals surface area contributed by atoms with Gasteiger partial charge in [0.1, 0.15) is 16.4 Å². The molecule has 5 N–H and O–H groups in total. The summed E-state index contributed by atoms with van der Waals surface area (Å²) in [6.45, 7) is 3.90. The first kappa shape index (κ1) is 26.4. The van der Waals surface area contributed by atoms with Gasteiger partial charge < -0.3 is 25.9 Å². The third kappa shape index (κ3) is 5.37. The Morgan fingerprint density at radius 2 is 1.87 bits per heavy atom. The molecule has 4 rings (SSSR count). The number of hydrogen-bond acceptors (Lipinski definition) is 8. The molecule has 1 atom stereocenters. The van der Waals surface area contributed by atoms with Crippen LogP contribution in [0.4, 0.5) is 11.4 Å². The molecule has 4 aromatic rings. The minimum atomic E-state index is -1.20. The molecule has 0 fully saturated rings. The Labute approximate surface area is 223 Å². The zero-order valence-corrected chi connectivity index (χ0v) is 21.9. The Balaban J connectivity index is 1.78. The standard InChI is InChI=1S/C27H27N5O5S/c1-15-6-7-16(2)19(13-15)32(27(35)24-21(28)22(25(29)33)31-38-24)23(20-5-4-12-37-20)26(34)30-14-17-8-10-18(36-3)11-9-17/h4-13,23H,14,28H2,1-3H3,(H2,29,33)(H,30,34)/t23-/m0/s1. The molecule has 0 aliphatic carbocycles. The fraction of sp³-hybridized carbons (Fsp3) is 0.185. The van der Waals surface area contributed by atoms with Crippen molar-refractivity contribution >= 4 is 40.6 Å². The van der Waals surface area contributed by atoms with Crippen molar-refractivity contribution in [2.75, 3.05) is 17.7 Å². The van der Waals surface area contributed by atoms with Crippen LogP contribution >= 0.6 is 11.5 Å². The Kier molecular flexibility index (Phi) is 7.77. The highest BCUT2D eigenvalue weighted by Crippen LogP contribution is 2.35. The normalized spacial score (nSPS) is 11.6. The van der Waals surface area contributed by atoms with Crippen molar-refractivity contribution in [2.45, 2.75) is 26.4 Å². The summed E-state index contributed by atoms with van der Waals surface area (Å²) in [5, 5.41) is 2.90. The number of benzene rings is 2. The first-order valence-corrected chi connectivity index (χ1v) is 12.4. The van der Waals surface area contributed by atoms with Crippen molar-refractivity contribution in [2.24, 2.45) is 5.73 Å². The van der Waals surface area contributed by atoms with Crippen LogP contribution in [-0.4, -0.2) is 29.2 Å². The number of amides is 3. The topological polar surface area (TPSA) is 154 Å². The van der Waals surface area contributed by atoms with Gasteiger partial charge in [-0.05, 0) is 72.4 Å². The van der Waals surface area contributed by atoms with Crippen molar-refractivity contribution in [3.8, 4) is 5.75 Å². The molecule has 11 heteroatoms. The monoisotopic (exact) mass is 533 g/mol. The average Bonchev–Trinajstić information content (AvgIpc) is 3.57. The van der Waals surface area contributed by atoms with Crippen molar-refractivity contribution in [1.29, 1.82) is 0 Å². The molecule has 2 aromatic carbocycles. The fourth-order valence-electron chi connectivity index (χ4n) is 3.93. The molecule has 0 saturated heterocycles. The number of nitrogen functional groups attached to an aromatic ring is 1. The molecular formula is C27H27N5O5S. The Hall–Kier alpha value is -4.64. The molecule has 0 spiro atoms. The summed E-state index contributed by atoms with van der Waals surface area (Å²) < 4.78 is 14.8. The summed E-state index contributed by atoms with van der Waals surface area (Å²) in [5.41, 5.74) is 14.1. The lowest BCUT2D eigenvalue weighted by molar-refractivity contribution is -0.123. The maximum atomic E-state index is 14.1. The number of nitrogens with one attached hydrogen (secondary N) is 1. The zero-order valence-electron chi connectivity index (χ0n) is 21.1. The minimum absolute atomic E-state index is 0.0146. The fourth-order valence-corrected chi connectivity index (χ4v) is 4.68. The van der Waals surface area contributed by atoms with Gasteiger partial charge in [-0.2, -0.15) is 4.37 Å². The van der Waals surface area contributed by atoms with Gasteiger partial charge in [-0.1, -0.05) is 24.3 Å². The average molecular weight is 534 g/mol. The smallest absolute Gasteiger partial charge is 0.273 e. The minimum Gasteiger partial charge on any atom is -0.497 e. The van der Waals surface area contributed by atoms with Gasteiger partial charge in [0.05, 0.1) is 19.1 Å². The number of methoxy groups -OCH3 is 1. The van der Waals surface area contributed by atoms with E-state index in [1.165, 1.54) is 11.2 Å². The Morgan fingerprint density at radius 3 is 2.47 bits per heavy atom.